The molecule has 0 aliphatic heterocycles. The van der Waals surface area contributed by atoms with Gasteiger partial charge in [-0.3, -0.25) is 14.4 Å². The van der Waals surface area contributed by atoms with Crippen molar-refractivity contribution < 1.29 is 19.1 Å². The van der Waals surface area contributed by atoms with E-state index in [2.05, 4.69) is 16.0 Å². The molecule has 3 N–H and O–H groups in total. The minimum atomic E-state index is -0.347. The average Bonchev–Trinajstić information content (AvgIpc) is 2.64. The molecule has 0 saturated carbocycles. The van der Waals surface area contributed by atoms with E-state index in [1.807, 2.05) is 0 Å². The van der Waals surface area contributed by atoms with Crippen molar-refractivity contribution in [2.24, 2.45) is 0 Å². The lowest BCUT2D eigenvalue weighted by Crippen LogP contribution is -2.36. The van der Waals surface area contributed by atoms with Crippen molar-refractivity contribution in [3.8, 4) is 5.75 Å². The van der Waals surface area contributed by atoms with Crippen LogP contribution in [0.15, 0.2) is 42.5 Å². The molecule has 0 fully saturated rings. The van der Waals surface area contributed by atoms with Crippen LogP contribution in [0.4, 0.5) is 5.69 Å². The molecule has 0 atom stereocenters. The molecule has 3 amide bonds. The van der Waals surface area contributed by atoms with Crippen LogP contribution in [0.25, 0.3) is 0 Å². The van der Waals surface area contributed by atoms with Crippen LogP contribution in [0.5, 0.6) is 5.75 Å². The normalized spacial score (nSPS) is 10.1. The van der Waals surface area contributed by atoms with Gasteiger partial charge in [0.2, 0.25) is 5.91 Å². The van der Waals surface area contributed by atoms with Crippen molar-refractivity contribution in [3.63, 3.8) is 0 Å². The second-order valence-corrected chi connectivity index (χ2v) is 6.57. The topological polar surface area (TPSA) is 96.5 Å². The molecule has 2 aromatic rings. The van der Waals surface area contributed by atoms with Crippen LogP contribution in [0.1, 0.15) is 17.3 Å². The SMILES string of the molecule is CC(=O)Nc1ccc(C(=O)NCCNC(=O)COc2ccc(Cl)cc2Cl)cc1. The summed E-state index contributed by atoms with van der Waals surface area (Å²) in [6.07, 6.45) is 0. The number of amides is 3. The summed E-state index contributed by atoms with van der Waals surface area (Å²) in [5, 5.41) is 8.72. The average molecular weight is 424 g/mol. The van der Waals surface area contributed by atoms with Gasteiger partial charge in [-0.05, 0) is 42.5 Å². The van der Waals surface area contributed by atoms with E-state index in [-0.39, 0.29) is 37.4 Å². The Balaban J connectivity index is 1.68. The van der Waals surface area contributed by atoms with E-state index in [9.17, 15) is 14.4 Å². The Morgan fingerprint density at radius 2 is 1.64 bits per heavy atom. The molecule has 0 bridgehead atoms. The van der Waals surface area contributed by atoms with Gasteiger partial charge < -0.3 is 20.7 Å². The van der Waals surface area contributed by atoms with Gasteiger partial charge >= 0.3 is 0 Å². The van der Waals surface area contributed by atoms with Gasteiger partial charge in [-0.25, -0.2) is 0 Å². The molecule has 0 radical (unpaired) electrons. The summed E-state index contributed by atoms with van der Waals surface area (Å²) >= 11 is 11.7. The Hall–Kier alpha value is -2.77. The summed E-state index contributed by atoms with van der Waals surface area (Å²) in [6.45, 7) is 1.69. The van der Waals surface area contributed by atoms with Gasteiger partial charge in [-0.15, -0.1) is 0 Å². The molecule has 2 aromatic carbocycles. The molecule has 0 heterocycles. The lowest BCUT2D eigenvalue weighted by Gasteiger charge is -2.10. The first-order valence-electron chi connectivity index (χ1n) is 8.35. The quantitative estimate of drug-likeness (QED) is 0.568. The molecular weight excluding hydrogens is 405 g/mol. The number of rotatable bonds is 8. The van der Waals surface area contributed by atoms with E-state index in [4.69, 9.17) is 27.9 Å². The van der Waals surface area contributed by atoms with Gasteiger partial charge in [0.25, 0.3) is 11.8 Å². The molecular formula is C19H19Cl2N3O4. The highest BCUT2D eigenvalue weighted by atomic mass is 35.5. The van der Waals surface area contributed by atoms with Gasteiger partial charge in [0.1, 0.15) is 5.75 Å². The van der Waals surface area contributed by atoms with E-state index in [0.29, 0.717) is 27.0 Å². The maximum atomic E-state index is 12.0. The Labute approximate surface area is 172 Å². The lowest BCUT2D eigenvalue weighted by molar-refractivity contribution is -0.123. The van der Waals surface area contributed by atoms with E-state index >= 15 is 0 Å². The fraction of sp³-hybridized carbons (Fsp3) is 0.211. The standard InChI is InChI=1S/C19H19Cl2N3O4/c1-12(25)24-15-5-2-13(3-6-15)19(27)23-9-8-22-18(26)11-28-17-7-4-14(20)10-16(17)21/h2-7,10H,8-9,11H2,1H3,(H,22,26)(H,23,27)(H,24,25). The molecule has 9 heteroatoms. The number of anilines is 1. The molecule has 0 saturated heterocycles. The van der Waals surface area contributed by atoms with Crippen LogP contribution in [-0.2, 0) is 9.59 Å². The number of carbonyl (C=O) groups is 3. The van der Waals surface area contributed by atoms with Crippen molar-refractivity contribution in [1.82, 2.24) is 10.6 Å². The summed E-state index contributed by atoms with van der Waals surface area (Å²) in [7, 11) is 0. The predicted molar refractivity (Wildman–Crippen MR) is 108 cm³/mol. The molecule has 0 aromatic heterocycles. The van der Waals surface area contributed by atoms with Crippen LogP contribution in [0.3, 0.4) is 0 Å². The molecule has 148 valence electrons. The Morgan fingerprint density at radius 1 is 0.964 bits per heavy atom. The summed E-state index contributed by atoms with van der Waals surface area (Å²) in [5.41, 5.74) is 1.05. The Kier molecular flexibility index (Phi) is 8.10. The molecule has 2 rings (SSSR count). The zero-order chi connectivity index (χ0) is 20.5. The number of benzene rings is 2. The van der Waals surface area contributed by atoms with Gasteiger partial charge in [-0.2, -0.15) is 0 Å². The second kappa shape index (κ2) is 10.5. The summed E-state index contributed by atoms with van der Waals surface area (Å²) in [4.78, 5) is 34.8. The van der Waals surface area contributed by atoms with Crippen molar-refractivity contribution in [2.75, 3.05) is 25.0 Å². The summed E-state index contributed by atoms with van der Waals surface area (Å²) in [5.74, 6) is -0.458. The van der Waals surface area contributed by atoms with Gasteiger partial charge in [0.05, 0.1) is 5.02 Å². The minimum absolute atomic E-state index is 0.185. The van der Waals surface area contributed by atoms with Gasteiger partial charge in [-0.1, -0.05) is 23.2 Å². The number of halogens is 2. The Morgan fingerprint density at radius 3 is 2.29 bits per heavy atom. The molecule has 0 aliphatic carbocycles. The fourth-order valence-electron chi connectivity index (χ4n) is 2.17. The first kappa shape index (κ1) is 21.5. The zero-order valence-electron chi connectivity index (χ0n) is 15.1. The largest absolute Gasteiger partial charge is 0.482 e. The van der Waals surface area contributed by atoms with E-state index < -0.39 is 0 Å². The maximum absolute atomic E-state index is 12.0. The van der Waals surface area contributed by atoms with Crippen LogP contribution in [0.2, 0.25) is 10.0 Å². The third kappa shape index (κ3) is 7.09. The number of nitrogens with one attached hydrogen (secondary N) is 3. The van der Waals surface area contributed by atoms with E-state index in [1.54, 1.807) is 36.4 Å². The highest BCUT2D eigenvalue weighted by molar-refractivity contribution is 6.35. The van der Waals surface area contributed by atoms with Crippen molar-refractivity contribution in [2.45, 2.75) is 6.92 Å². The fourth-order valence-corrected chi connectivity index (χ4v) is 2.64. The van der Waals surface area contributed by atoms with Crippen LogP contribution in [-0.4, -0.2) is 37.4 Å². The zero-order valence-corrected chi connectivity index (χ0v) is 16.6. The molecule has 28 heavy (non-hydrogen) atoms. The van der Waals surface area contributed by atoms with Crippen molar-refractivity contribution in [3.05, 3.63) is 58.1 Å². The smallest absolute Gasteiger partial charge is 0.258 e. The molecule has 0 spiro atoms. The highest BCUT2D eigenvalue weighted by Gasteiger charge is 2.08. The third-order valence-electron chi connectivity index (χ3n) is 3.45. The van der Waals surface area contributed by atoms with Gasteiger partial charge in [0, 0.05) is 36.3 Å². The number of ether oxygens (including phenoxy) is 1. The third-order valence-corrected chi connectivity index (χ3v) is 3.98. The number of hydrogen-bond donors (Lipinski definition) is 3. The number of carbonyl (C=O) groups excluding carboxylic acids is 3. The van der Waals surface area contributed by atoms with Crippen molar-refractivity contribution in [1.29, 1.82) is 0 Å². The first-order chi connectivity index (χ1) is 13.3. The first-order valence-corrected chi connectivity index (χ1v) is 9.11. The van der Waals surface area contributed by atoms with E-state index in [1.165, 1.54) is 13.0 Å². The predicted octanol–water partition coefficient (Wildman–Crippen LogP) is 2.88. The monoisotopic (exact) mass is 423 g/mol. The summed E-state index contributed by atoms with van der Waals surface area (Å²) in [6, 6.07) is 11.2. The minimum Gasteiger partial charge on any atom is -0.482 e. The molecule has 0 unspecified atom stereocenters. The highest BCUT2D eigenvalue weighted by Crippen LogP contribution is 2.27. The molecule has 0 aliphatic rings. The molecule has 7 nitrogen and oxygen atoms in total. The Bertz CT molecular complexity index is 857. The number of hydrogen-bond acceptors (Lipinski definition) is 4. The van der Waals surface area contributed by atoms with Crippen LogP contribution in [0, 0.1) is 0 Å². The van der Waals surface area contributed by atoms with Crippen LogP contribution >= 0.6 is 23.2 Å². The lowest BCUT2D eigenvalue weighted by atomic mass is 10.2. The van der Waals surface area contributed by atoms with Gasteiger partial charge in [0.15, 0.2) is 6.61 Å². The van der Waals surface area contributed by atoms with E-state index in [0.717, 1.165) is 0 Å². The maximum Gasteiger partial charge on any atom is 0.258 e. The second-order valence-electron chi connectivity index (χ2n) is 5.73. The van der Waals surface area contributed by atoms with Crippen molar-refractivity contribution >= 4 is 46.6 Å². The van der Waals surface area contributed by atoms with Crippen LogP contribution < -0.4 is 20.7 Å². The summed E-state index contributed by atoms with van der Waals surface area (Å²) < 4.78 is 5.32.